The Morgan fingerprint density at radius 1 is 0.340 bits per heavy atom. The van der Waals surface area contributed by atoms with E-state index in [4.69, 9.17) is 0 Å². The molecule has 9 aromatic rings. The van der Waals surface area contributed by atoms with Gasteiger partial charge in [0.1, 0.15) is 12.1 Å². The molecule has 0 saturated carbocycles. The van der Waals surface area contributed by atoms with E-state index in [9.17, 15) is 15.8 Å². The highest BCUT2D eigenvalue weighted by Crippen LogP contribution is 2.41. The van der Waals surface area contributed by atoms with E-state index >= 15 is 0 Å². The van der Waals surface area contributed by atoms with Crippen LogP contribution in [0.4, 0.5) is 0 Å². The Kier molecular flexibility index (Phi) is 6.56. The molecule has 0 fully saturated rings. The monoisotopic (exact) mass is 635 g/mol. The molecule has 0 atom stereocenters. The predicted molar refractivity (Wildman–Crippen MR) is 200 cm³/mol. The lowest BCUT2D eigenvalue weighted by atomic mass is 9.89. The van der Waals surface area contributed by atoms with Crippen LogP contribution >= 0.6 is 0 Å². The maximum Gasteiger partial charge on any atom is 0.102 e. The second-order valence-corrected chi connectivity index (χ2v) is 12.2. The molecule has 0 amide bonds. The van der Waals surface area contributed by atoms with E-state index in [2.05, 4.69) is 69.8 Å². The van der Waals surface area contributed by atoms with Gasteiger partial charge in [-0.2, -0.15) is 15.8 Å². The van der Waals surface area contributed by atoms with Crippen molar-refractivity contribution in [3.63, 3.8) is 0 Å². The quantitative estimate of drug-likeness (QED) is 0.193. The fourth-order valence-corrected chi connectivity index (χ4v) is 7.57. The minimum Gasteiger partial charge on any atom is -0.309 e. The standard InChI is InChI=1S/C45H25N5/c46-26-29-23-24-45-37(25-29)36-14-4-8-21-43(36)50(45)40-18-5-1-11-33(40)32-16-9-15-30(38(32)27-47)31-17-10-22-44(39(31)28-48)49-41-19-6-2-12-34(41)35-13-3-7-20-42(35)49/h1-25H. The SMILES string of the molecule is N#Cc1ccc2c(c1)c1ccccc1n2-c1ccccc1-c1cccc(-c2cccc(-n3c4ccccc4c4ccccc43)c2C#N)c1C#N. The maximum absolute atomic E-state index is 10.9. The number of aromatic nitrogens is 2. The Labute approximate surface area is 287 Å². The minimum atomic E-state index is 0.489. The molecule has 0 aliphatic heterocycles. The van der Waals surface area contributed by atoms with Crippen molar-refractivity contribution in [2.75, 3.05) is 0 Å². The van der Waals surface area contributed by atoms with Crippen LogP contribution in [0, 0.1) is 34.0 Å². The highest BCUT2D eigenvalue weighted by atomic mass is 15.0. The molecule has 5 nitrogen and oxygen atoms in total. The third-order valence-electron chi connectivity index (χ3n) is 9.68. The van der Waals surface area contributed by atoms with Gasteiger partial charge >= 0.3 is 0 Å². The normalized spacial score (nSPS) is 11.1. The summed E-state index contributed by atoms with van der Waals surface area (Å²) in [6.45, 7) is 0. The number of para-hydroxylation sites is 4. The van der Waals surface area contributed by atoms with Gasteiger partial charge in [0, 0.05) is 43.8 Å². The molecule has 9 rings (SSSR count). The number of fused-ring (bicyclic) bond motifs is 6. The van der Waals surface area contributed by atoms with Gasteiger partial charge in [-0.05, 0) is 48.5 Å². The largest absolute Gasteiger partial charge is 0.309 e. The molecule has 0 unspecified atom stereocenters. The second-order valence-electron chi connectivity index (χ2n) is 12.2. The predicted octanol–water partition coefficient (Wildman–Crippen LogP) is 10.8. The first-order valence-electron chi connectivity index (χ1n) is 16.3. The number of hydrogen-bond acceptors (Lipinski definition) is 3. The van der Waals surface area contributed by atoms with E-state index in [0.717, 1.165) is 66.1 Å². The van der Waals surface area contributed by atoms with Crippen LogP contribution in [0.1, 0.15) is 16.7 Å². The van der Waals surface area contributed by atoms with E-state index in [-0.39, 0.29) is 0 Å². The van der Waals surface area contributed by atoms with Gasteiger partial charge in [-0.25, -0.2) is 0 Å². The van der Waals surface area contributed by atoms with Crippen LogP contribution in [0.5, 0.6) is 0 Å². The highest BCUT2D eigenvalue weighted by molar-refractivity contribution is 6.11. The third kappa shape index (κ3) is 4.17. The topological polar surface area (TPSA) is 81.2 Å². The second kappa shape index (κ2) is 11.4. The van der Waals surface area contributed by atoms with Crippen molar-refractivity contribution in [1.82, 2.24) is 9.13 Å². The van der Waals surface area contributed by atoms with Crippen molar-refractivity contribution < 1.29 is 0 Å². The summed E-state index contributed by atoms with van der Waals surface area (Å²) in [5.41, 5.74) is 10.3. The van der Waals surface area contributed by atoms with Crippen molar-refractivity contribution in [2.45, 2.75) is 0 Å². The summed E-state index contributed by atoms with van der Waals surface area (Å²) < 4.78 is 4.36. The fraction of sp³-hybridized carbons (Fsp3) is 0. The summed E-state index contributed by atoms with van der Waals surface area (Å²) in [4.78, 5) is 0. The molecule has 0 spiro atoms. The van der Waals surface area contributed by atoms with Gasteiger partial charge in [-0.15, -0.1) is 0 Å². The van der Waals surface area contributed by atoms with Gasteiger partial charge < -0.3 is 9.13 Å². The van der Waals surface area contributed by atoms with Gasteiger partial charge in [0.15, 0.2) is 0 Å². The molecule has 0 radical (unpaired) electrons. The van der Waals surface area contributed by atoms with Crippen LogP contribution in [0.15, 0.2) is 152 Å². The molecular weight excluding hydrogens is 611 g/mol. The van der Waals surface area contributed by atoms with E-state index < -0.39 is 0 Å². The molecular formula is C45H25N5. The summed E-state index contributed by atoms with van der Waals surface area (Å²) in [6, 6.07) is 57.6. The molecule has 7 aromatic carbocycles. The van der Waals surface area contributed by atoms with Crippen LogP contribution in [-0.2, 0) is 0 Å². The van der Waals surface area contributed by atoms with Crippen molar-refractivity contribution >= 4 is 43.6 Å². The lowest BCUT2D eigenvalue weighted by Crippen LogP contribution is -2.01. The Morgan fingerprint density at radius 2 is 0.780 bits per heavy atom. The number of nitriles is 3. The van der Waals surface area contributed by atoms with Crippen LogP contribution in [0.2, 0.25) is 0 Å². The molecule has 50 heavy (non-hydrogen) atoms. The van der Waals surface area contributed by atoms with Crippen LogP contribution < -0.4 is 0 Å². The smallest absolute Gasteiger partial charge is 0.102 e. The molecule has 2 heterocycles. The van der Waals surface area contributed by atoms with Crippen molar-refractivity contribution in [3.05, 3.63) is 168 Å². The fourth-order valence-electron chi connectivity index (χ4n) is 7.57. The Morgan fingerprint density at radius 3 is 1.40 bits per heavy atom. The lowest BCUT2D eigenvalue weighted by molar-refractivity contribution is 1.17. The van der Waals surface area contributed by atoms with Crippen LogP contribution in [0.3, 0.4) is 0 Å². The van der Waals surface area contributed by atoms with Gasteiger partial charge in [0.2, 0.25) is 0 Å². The summed E-state index contributed by atoms with van der Waals surface area (Å²) in [5, 5.41) is 35.6. The number of benzene rings is 7. The zero-order valence-corrected chi connectivity index (χ0v) is 26.7. The molecule has 5 heteroatoms. The van der Waals surface area contributed by atoms with Gasteiger partial charge in [-0.3, -0.25) is 0 Å². The molecule has 0 aliphatic rings. The van der Waals surface area contributed by atoms with E-state index in [0.29, 0.717) is 27.8 Å². The number of nitrogens with zero attached hydrogens (tertiary/aromatic N) is 5. The summed E-state index contributed by atoms with van der Waals surface area (Å²) in [6.07, 6.45) is 0. The third-order valence-corrected chi connectivity index (χ3v) is 9.68. The lowest BCUT2D eigenvalue weighted by Gasteiger charge is -2.18. The van der Waals surface area contributed by atoms with Gasteiger partial charge in [-0.1, -0.05) is 103 Å². The zero-order chi connectivity index (χ0) is 33.8. The first-order valence-corrected chi connectivity index (χ1v) is 16.3. The summed E-state index contributed by atoms with van der Waals surface area (Å²) in [5.74, 6) is 0. The van der Waals surface area contributed by atoms with E-state index in [1.165, 1.54) is 0 Å². The summed E-state index contributed by atoms with van der Waals surface area (Å²) >= 11 is 0. The Balaban J connectivity index is 1.29. The average Bonchev–Trinajstić information content (AvgIpc) is 3.69. The first kappa shape index (κ1) is 28.8. The van der Waals surface area contributed by atoms with Crippen molar-refractivity contribution in [1.29, 1.82) is 15.8 Å². The van der Waals surface area contributed by atoms with E-state index in [1.807, 2.05) is 109 Å². The first-order chi connectivity index (χ1) is 24.7. The molecule has 0 N–H and O–H groups in total. The van der Waals surface area contributed by atoms with E-state index in [1.54, 1.807) is 0 Å². The number of rotatable bonds is 4. The zero-order valence-electron chi connectivity index (χ0n) is 26.7. The van der Waals surface area contributed by atoms with Gasteiger partial charge in [0.05, 0.1) is 56.2 Å². The maximum atomic E-state index is 10.9. The highest BCUT2D eigenvalue weighted by Gasteiger charge is 2.22. The number of hydrogen-bond donors (Lipinski definition) is 0. The molecule has 2 aromatic heterocycles. The Bertz CT molecular complexity index is 2920. The molecule has 0 bridgehead atoms. The average molecular weight is 636 g/mol. The van der Waals surface area contributed by atoms with Crippen LogP contribution in [-0.4, -0.2) is 9.13 Å². The molecule has 0 saturated heterocycles. The van der Waals surface area contributed by atoms with Gasteiger partial charge in [0.25, 0.3) is 0 Å². The molecule has 230 valence electrons. The molecule has 0 aliphatic carbocycles. The Hall–Kier alpha value is -7.39. The minimum absolute atomic E-state index is 0.489. The van der Waals surface area contributed by atoms with Crippen molar-refractivity contribution in [2.24, 2.45) is 0 Å². The summed E-state index contributed by atoms with van der Waals surface area (Å²) in [7, 11) is 0. The van der Waals surface area contributed by atoms with Crippen molar-refractivity contribution in [3.8, 4) is 51.8 Å². The van der Waals surface area contributed by atoms with Crippen LogP contribution in [0.25, 0.3) is 77.2 Å².